The second kappa shape index (κ2) is 7.88. The van der Waals surface area contributed by atoms with Crippen LogP contribution in [0.15, 0.2) is 0 Å². The summed E-state index contributed by atoms with van der Waals surface area (Å²) in [5.74, 6) is 0.408. The first-order valence-electron chi connectivity index (χ1n) is 8.34. The highest BCUT2D eigenvalue weighted by molar-refractivity contribution is 5.76. The molecule has 2 aliphatic heterocycles. The van der Waals surface area contributed by atoms with E-state index >= 15 is 0 Å². The molecule has 2 fully saturated rings. The van der Waals surface area contributed by atoms with Crippen molar-refractivity contribution in [1.82, 2.24) is 10.2 Å². The summed E-state index contributed by atoms with van der Waals surface area (Å²) in [5, 5.41) is 3.54. The molecule has 110 valence electrons. The van der Waals surface area contributed by atoms with Crippen LogP contribution in [-0.2, 0) is 4.79 Å². The van der Waals surface area contributed by atoms with E-state index in [4.69, 9.17) is 0 Å². The molecule has 1 amide bonds. The van der Waals surface area contributed by atoms with E-state index < -0.39 is 0 Å². The van der Waals surface area contributed by atoms with Gasteiger partial charge in [-0.1, -0.05) is 19.8 Å². The van der Waals surface area contributed by atoms with Gasteiger partial charge in [0.15, 0.2) is 0 Å². The Morgan fingerprint density at radius 1 is 1.16 bits per heavy atom. The number of piperidine rings is 2. The van der Waals surface area contributed by atoms with Gasteiger partial charge in [0.2, 0.25) is 5.91 Å². The maximum atomic E-state index is 12.4. The first-order chi connectivity index (χ1) is 9.31. The predicted molar refractivity (Wildman–Crippen MR) is 79.1 cm³/mol. The summed E-state index contributed by atoms with van der Waals surface area (Å²) in [5.41, 5.74) is 0. The Kier molecular flexibility index (Phi) is 6.15. The van der Waals surface area contributed by atoms with Crippen LogP contribution in [0.3, 0.4) is 0 Å². The normalized spacial score (nSPS) is 28.4. The number of nitrogens with zero attached hydrogens (tertiary/aromatic N) is 1. The smallest absolute Gasteiger partial charge is 0.222 e. The molecule has 2 rings (SSSR count). The quantitative estimate of drug-likeness (QED) is 0.829. The molecule has 0 saturated carbocycles. The van der Waals surface area contributed by atoms with Crippen molar-refractivity contribution < 1.29 is 4.79 Å². The molecule has 2 aliphatic rings. The van der Waals surface area contributed by atoms with E-state index in [0.29, 0.717) is 18.0 Å². The van der Waals surface area contributed by atoms with E-state index in [1.165, 1.54) is 51.4 Å². The van der Waals surface area contributed by atoms with Gasteiger partial charge in [0.25, 0.3) is 0 Å². The third-order valence-electron chi connectivity index (χ3n) is 4.69. The van der Waals surface area contributed by atoms with Crippen molar-refractivity contribution in [2.24, 2.45) is 0 Å². The van der Waals surface area contributed by atoms with Crippen molar-refractivity contribution in [2.45, 2.75) is 83.2 Å². The Labute approximate surface area is 118 Å². The highest BCUT2D eigenvalue weighted by Crippen LogP contribution is 2.22. The molecule has 0 aromatic rings. The summed E-state index contributed by atoms with van der Waals surface area (Å²) >= 11 is 0. The summed E-state index contributed by atoms with van der Waals surface area (Å²) in [6.07, 6.45) is 11.8. The van der Waals surface area contributed by atoms with Gasteiger partial charge >= 0.3 is 0 Å². The zero-order valence-electron chi connectivity index (χ0n) is 12.5. The average Bonchev–Trinajstić information content (AvgIpc) is 2.47. The number of carbonyl (C=O) groups is 1. The van der Waals surface area contributed by atoms with E-state index in [1.54, 1.807) is 0 Å². The Bertz CT molecular complexity index is 272. The van der Waals surface area contributed by atoms with Crippen LogP contribution in [0.2, 0.25) is 0 Å². The van der Waals surface area contributed by atoms with Gasteiger partial charge in [0, 0.05) is 25.0 Å². The Morgan fingerprint density at radius 2 is 2.00 bits per heavy atom. The lowest BCUT2D eigenvalue weighted by Gasteiger charge is -2.36. The first-order valence-corrected chi connectivity index (χ1v) is 8.34. The SMILES string of the molecule is CCCC1CCCCN1C(=O)CCC1CCCCN1. The van der Waals surface area contributed by atoms with Gasteiger partial charge in [-0.2, -0.15) is 0 Å². The minimum atomic E-state index is 0.408. The number of hydrogen-bond donors (Lipinski definition) is 1. The van der Waals surface area contributed by atoms with Gasteiger partial charge in [-0.05, 0) is 51.5 Å². The van der Waals surface area contributed by atoms with Crippen molar-refractivity contribution in [1.29, 1.82) is 0 Å². The molecule has 0 bridgehead atoms. The molecule has 0 aromatic heterocycles. The Morgan fingerprint density at radius 3 is 2.74 bits per heavy atom. The fourth-order valence-electron chi connectivity index (χ4n) is 3.57. The van der Waals surface area contributed by atoms with Gasteiger partial charge in [-0.3, -0.25) is 4.79 Å². The monoisotopic (exact) mass is 266 g/mol. The van der Waals surface area contributed by atoms with Crippen molar-refractivity contribution in [3.05, 3.63) is 0 Å². The van der Waals surface area contributed by atoms with Crippen LogP contribution < -0.4 is 5.32 Å². The van der Waals surface area contributed by atoms with Crippen LogP contribution in [0.1, 0.15) is 71.1 Å². The highest BCUT2D eigenvalue weighted by atomic mass is 16.2. The van der Waals surface area contributed by atoms with Gasteiger partial charge in [0.1, 0.15) is 0 Å². The van der Waals surface area contributed by atoms with Crippen LogP contribution in [0, 0.1) is 0 Å². The summed E-state index contributed by atoms with van der Waals surface area (Å²) in [7, 11) is 0. The number of nitrogens with one attached hydrogen (secondary N) is 1. The number of carbonyl (C=O) groups excluding carboxylic acids is 1. The summed E-state index contributed by atoms with van der Waals surface area (Å²) in [6, 6.07) is 1.12. The number of rotatable bonds is 5. The molecule has 2 unspecified atom stereocenters. The van der Waals surface area contributed by atoms with E-state index in [0.717, 1.165) is 25.9 Å². The number of hydrogen-bond acceptors (Lipinski definition) is 2. The molecule has 2 heterocycles. The zero-order chi connectivity index (χ0) is 13.5. The number of amides is 1. The van der Waals surface area contributed by atoms with E-state index in [9.17, 15) is 4.79 Å². The zero-order valence-corrected chi connectivity index (χ0v) is 12.5. The van der Waals surface area contributed by atoms with Crippen molar-refractivity contribution in [3.63, 3.8) is 0 Å². The highest BCUT2D eigenvalue weighted by Gasteiger charge is 2.26. The molecule has 0 aliphatic carbocycles. The second-order valence-corrected chi connectivity index (χ2v) is 6.21. The van der Waals surface area contributed by atoms with Crippen LogP contribution >= 0.6 is 0 Å². The second-order valence-electron chi connectivity index (χ2n) is 6.21. The Hall–Kier alpha value is -0.570. The molecule has 0 aromatic carbocycles. The van der Waals surface area contributed by atoms with Crippen molar-refractivity contribution >= 4 is 5.91 Å². The standard InChI is InChI=1S/C16H30N2O/c1-2-7-15-9-4-6-13-18(15)16(19)11-10-14-8-3-5-12-17-14/h14-15,17H,2-13H2,1H3. The average molecular weight is 266 g/mol. The third-order valence-corrected chi connectivity index (χ3v) is 4.69. The molecular formula is C16H30N2O. The van der Waals surface area contributed by atoms with Gasteiger partial charge in [0.05, 0.1) is 0 Å². The van der Waals surface area contributed by atoms with Crippen molar-refractivity contribution in [3.8, 4) is 0 Å². The van der Waals surface area contributed by atoms with Gasteiger partial charge in [-0.15, -0.1) is 0 Å². The fraction of sp³-hybridized carbons (Fsp3) is 0.938. The lowest BCUT2D eigenvalue weighted by Crippen LogP contribution is -2.44. The lowest BCUT2D eigenvalue weighted by atomic mass is 9.96. The molecule has 0 spiro atoms. The Balaban J connectivity index is 1.76. The maximum absolute atomic E-state index is 12.4. The van der Waals surface area contributed by atoms with Crippen LogP contribution in [-0.4, -0.2) is 36.0 Å². The molecule has 19 heavy (non-hydrogen) atoms. The maximum Gasteiger partial charge on any atom is 0.222 e. The minimum absolute atomic E-state index is 0.408. The summed E-state index contributed by atoms with van der Waals surface area (Å²) in [4.78, 5) is 14.6. The fourth-order valence-corrected chi connectivity index (χ4v) is 3.57. The molecule has 0 radical (unpaired) electrons. The molecule has 2 atom stereocenters. The number of likely N-dealkylation sites (tertiary alicyclic amines) is 1. The van der Waals surface area contributed by atoms with Gasteiger partial charge < -0.3 is 10.2 Å². The molecular weight excluding hydrogens is 236 g/mol. The topological polar surface area (TPSA) is 32.3 Å². The molecule has 2 saturated heterocycles. The summed E-state index contributed by atoms with van der Waals surface area (Å²) in [6.45, 7) is 4.37. The van der Waals surface area contributed by atoms with E-state index in [-0.39, 0.29) is 0 Å². The summed E-state index contributed by atoms with van der Waals surface area (Å²) < 4.78 is 0. The molecule has 1 N–H and O–H groups in total. The van der Waals surface area contributed by atoms with Crippen LogP contribution in [0.25, 0.3) is 0 Å². The molecule has 3 heteroatoms. The largest absolute Gasteiger partial charge is 0.340 e. The van der Waals surface area contributed by atoms with Gasteiger partial charge in [-0.25, -0.2) is 0 Å². The first kappa shape index (κ1) is 14.8. The predicted octanol–water partition coefficient (Wildman–Crippen LogP) is 3.09. The minimum Gasteiger partial charge on any atom is -0.340 e. The molecule has 3 nitrogen and oxygen atoms in total. The van der Waals surface area contributed by atoms with Crippen LogP contribution in [0.5, 0.6) is 0 Å². The van der Waals surface area contributed by atoms with Crippen LogP contribution in [0.4, 0.5) is 0 Å². The third kappa shape index (κ3) is 4.48. The lowest BCUT2D eigenvalue weighted by molar-refractivity contribution is -0.135. The van der Waals surface area contributed by atoms with E-state index in [1.807, 2.05) is 0 Å². The van der Waals surface area contributed by atoms with Crippen molar-refractivity contribution in [2.75, 3.05) is 13.1 Å². The van der Waals surface area contributed by atoms with E-state index in [2.05, 4.69) is 17.1 Å².